The molecule has 0 radical (unpaired) electrons. The molecule has 0 aromatic heterocycles. The van der Waals surface area contributed by atoms with Crippen LogP contribution in [0.4, 0.5) is 0 Å². The van der Waals surface area contributed by atoms with Crippen LogP contribution in [0, 0.1) is 11.3 Å². The first kappa shape index (κ1) is 17.8. The minimum absolute atomic E-state index is 0.205. The summed E-state index contributed by atoms with van der Waals surface area (Å²) >= 11 is 0. The van der Waals surface area contributed by atoms with Gasteiger partial charge in [0.25, 0.3) is 0 Å². The van der Waals surface area contributed by atoms with E-state index in [1.165, 1.54) is 0 Å². The van der Waals surface area contributed by atoms with E-state index in [0.29, 0.717) is 12.0 Å². The molecule has 0 saturated heterocycles. The van der Waals surface area contributed by atoms with Crippen LogP contribution >= 0.6 is 0 Å². The standard InChI is InChI=1S/C14H32N2O2/c1-12(2)8-10-17-16-13(3)7-9-15-18-11-14(4,5)6/h12-13,15-16H,7-11H2,1-6H3. The van der Waals surface area contributed by atoms with Crippen LogP contribution in [0.25, 0.3) is 0 Å². The van der Waals surface area contributed by atoms with E-state index >= 15 is 0 Å². The fourth-order valence-corrected chi connectivity index (χ4v) is 1.17. The van der Waals surface area contributed by atoms with Crippen LogP contribution in [0.5, 0.6) is 0 Å². The molecular formula is C14H32N2O2. The van der Waals surface area contributed by atoms with E-state index in [-0.39, 0.29) is 5.41 Å². The Morgan fingerprint density at radius 3 is 2.22 bits per heavy atom. The molecule has 0 aliphatic rings. The average molecular weight is 260 g/mol. The van der Waals surface area contributed by atoms with Gasteiger partial charge in [0.1, 0.15) is 0 Å². The lowest BCUT2D eigenvalue weighted by atomic mass is 9.99. The van der Waals surface area contributed by atoms with Gasteiger partial charge in [-0.2, -0.15) is 5.48 Å². The van der Waals surface area contributed by atoms with Crippen molar-refractivity contribution in [3.8, 4) is 0 Å². The molecule has 0 aromatic carbocycles. The minimum atomic E-state index is 0.205. The highest BCUT2D eigenvalue weighted by Crippen LogP contribution is 2.11. The van der Waals surface area contributed by atoms with Gasteiger partial charge in [0, 0.05) is 12.6 Å². The number of rotatable bonds is 10. The lowest BCUT2D eigenvalue weighted by Crippen LogP contribution is -2.31. The van der Waals surface area contributed by atoms with Gasteiger partial charge in [-0.05, 0) is 31.1 Å². The molecule has 4 heteroatoms. The Morgan fingerprint density at radius 2 is 1.67 bits per heavy atom. The number of nitrogens with one attached hydrogen (secondary N) is 2. The summed E-state index contributed by atoms with van der Waals surface area (Å²) in [5.41, 5.74) is 6.24. The van der Waals surface area contributed by atoms with Crippen molar-refractivity contribution in [1.29, 1.82) is 0 Å². The highest BCUT2D eigenvalue weighted by atomic mass is 16.6. The van der Waals surface area contributed by atoms with Crippen molar-refractivity contribution < 1.29 is 9.68 Å². The third-order valence-electron chi connectivity index (χ3n) is 2.37. The van der Waals surface area contributed by atoms with Crippen molar-refractivity contribution in [2.24, 2.45) is 11.3 Å². The highest BCUT2D eigenvalue weighted by Gasteiger charge is 2.10. The number of hydrogen-bond donors (Lipinski definition) is 2. The summed E-state index contributed by atoms with van der Waals surface area (Å²) in [6.07, 6.45) is 2.07. The van der Waals surface area contributed by atoms with Crippen LogP contribution in [0.1, 0.15) is 54.4 Å². The first-order valence-electron chi connectivity index (χ1n) is 7.03. The quantitative estimate of drug-likeness (QED) is 0.468. The van der Waals surface area contributed by atoms with Crippen molar-refractivity contribution in [3.63, 3.8) is 0 Å². The third-order valence-corrected chi connectivity index (χ3v) is 2.37. The molecule has 110 valence electrons. The first-order chi connectivity index (χ1) is 8.31. The van der Waals surface area contributed by atoms with Crippen LogP contribution in [-0.2, 0) is 9.68 Å². The zero-order valence-corrected chi connectivity index (χ0v) is 13.0. The molecule has 2 N–H and O–H groups in total. The molecule has 0 aromatic rings. The van der Waals surface area contributed by atoms with Gasteiger partial charge in [-0.1, -0.05) is 34.6 Å². The van der Waals surface area contributed by atoms with Crippen LogP contribution < -0.4 is 11.0 Å². The molecule has 1 atom stereocenters. The van der Waals surface area contributed by atoms with Gasteiger partial charge in [-0.25, -0.2) is 5.48 Å². The lowest BCUT2D eigenvalue weighted by molar-refractivity contribution is -0.0137. The van der Waals surface area contributed by atoms with Crippen LogP contribution in [-0.4, -0.2) is 25.8 Å². The van der Waals surface area contributed by atoms with Crippen molar-refractivity contribution in [3.05, 3.63) is 0 Å². The normalized spacial score (nSPS) is 14.2. The van der Waals surface area contributed by atoms with E-state index < -0.39 is 0 Å². The second-order valence-corrected chi connectivity index (χ2v) is 6.58. The molecule has 0 heterocycles. The van der Waals surface area contributed by atoms with E-state index in [2.05, 4.69) is 52.5 Å². The second-order valence-electron chi connectivity index (χ2n) is 6.58. The van der Waals surface area contributed by atoms with Crippen LogP contribution in [0.3, 0.4) is 0 Å². The van der Waals surface area contributed by atoms with Crippen LogP contribution in [0.2, 0.25) is 0 Å². The van der Waals surface area contributed by atoms with Gasteiger partial charge in [-0.3, -0.25) is 0 Å². The highest BCUT2D eigenvalue weighted by molar-refractivity contribution is 4.59. The second kappa shape index (κ2) is 9.73. The Labute approximate surface area is 113 Å². The summed E-state index contributed by atoms with van der Waals surface area (Å²) in [6.45, 7) is 15.3. The lowest BCUT2D eigenvalue weighted by Gasteiger charge is -2.19. The Balaban J connectivity index is 3.29. The van der Waals surface area contributed by atoms with Gasteiger partial charge in [-0.15, -0.1) is 0 Å². The van der Waals surface area contributed by atoms with Crippen molar-refractivity contribution in [2.45, 2.75) is 60.4 Å². The van der Waals surface area contributed by atoms with E-state index in [1.54, 1.807) is 0 Å². The van der Waals surface area contributed by atoms with Gasteiger partial charge in [0.2, 0.25) is 0 Å². The monoisotopic (exact) mass is 260 g/mol. The van der Waals surface area contributed by atoms with Gasteiger partial charge < -0.3 is 9.68 Å². The zero-order valence-electron chi connectivity index (χ0n) is 13.0. The molecule has 4 nitrogen and oxygen atoms in total. The molecule has 1 unspecified atom stereocenters. The van der Waals surface area contributed by atoms with Gasteiger partial charge in [0.15, 0.2) is 0 Å². The summed E-state index contributed by atoms with van der Waals surface area (Å²) in [4.78, 5) is 10.8. The van der Waals surface area contributed by atoms with Crippen molar-refractivity contribution in [1.82, 2.24) is 11.0 Å². The maximum absolute atomic E-state index is 5.40. The van der Waals surface area contributed by atoms with Crippen molar-refractivity contribution in [2.75, 3.05) is 19.8 Å². The summed E-state index contributed by atoms with van der Waals surface area (Å²) in [5.74, 6) is 0.689. The first-order valence-corrected chi connectivity index (χ1v) is 7.03. The molecule has 0 rings (SSSR count). The molecular weight excluding hydrogens is 228 g/mol. The van der Waals surface area contributed by atoms with E-state index in [9.17, 15) is 0 Å². The molecule has 0 spiro atoms. The Hall–Kier alpha value is -0.160. The maximum atomic E-state index is 5.40. The SMILES string of the molecule is CC(C)CCONC(C)CCNOCC(C)(C)C. The molecule has 0 aliphatic carbocycles. The smallest absolute Gasteiger partial charge is 0.0730 e. The van der Waals surface area contributed by atoms with Gasteiger partial charge >= 0.3 is 0 Å². The third kappa shape index (κ3) is 13.9. The summed E-state index contributed by atoms with van der Waals surface area (Å²) in [7, 11) is 0. The average Bonchev–Trinajstić information content (AvgIpc) is 2.22. The Kier molecular flexibility index (Phi) is 9.64. The Morgan fingerprint density at radius 1 is 1.00 bits per heavy atom. The molecule has 0 bridgehead atoms. The fraction of sp³-hybridized carbons (Fsp3) is 1.00. The van der Waals surface area contributed by atoms with E-state index in [0.717, 1.165) is 32.6 Å². The number of hydroxylamine groups is 2. The molecule has 18 heavy (non-hydrogen) atoms. The van der Waals surface area contributed by atoms with Crippen LogP contribution in [0.15, 0.2) is 0 Å². The van der Waals surface area contributed by atoms with E-state index in [1.807, 2.05) is 0 Å². The predicted molar refractivity (Wildman–Crippen MR) is 76.0 cm³/mol. The number of hydrogen-bond acceptors (Lipinski definition) is 4. The molecule has 0 aliphatic heterocycles. The maximum Gasteiger partial charge on any atom is 0.0730 e. The fourth-order valence-electron chi connectivity index (χ4n) is 1.17. The van der Waals surface area contributed by atoms with E-state index in [4.69, 9.17) is 9.68 Å². The molecule has 0 fully saturated rings. The zero-order chi connectivity index (χ0) is 14.0. The molecule has 0 saturated carbocycles. The predicted octanol–water partition coefficient (Wildman–Crippen LogP) is 2.90. The Bertz CT molecular complexity index is 191. The summed E-state index contributed by atoms with van der Waals surface area (Å²) in [6, 6.07) is 0.336. The molecule has 0 amide bonds. The summed E-state index contributed by atoms with van der Waals surface area (Å²) < 4.78 is 0. The topological polar surface area (TPSA) is 42.5 Å². The van der Waals surface area contributed by atoms with Gasteiger partial charge in [0.05, 0.1) is 13.2 Å². The largest absolute Gasteiger partial charge is 0.302 e. The van der Waals surface area contributed by atoms with Crippen molar-refractivity contribution >= 4 is 0 Å². The minimum Gasteiger partial charge on any atom is -0.302 e. The summed E-state index contributed by atoms with van der Waals surface area (Å²) in [5, 5.41) is 0.